The highest BCUT2D eigenvalue weighted by Crippen LogP contribution is 2.20. The van der Waals surface area contributed by atoms with Crippen molar-refractivity contribution in [2.24, 2.45) is 0 Å². The molecule has 0 aliphatic rings. The lowest BCUT2D eigenvalue weighted by atomic mass is 10.1. The van der Waals surface area contributed by atoms with Crippen molar-refractivity contribution < 1.29 is 14.0 Å². The van der Waals surface area contributed by atoms with Crippen LogP contribution in [0.25, 0.3) is 0 Å². The van der Waals surface area contributed by atoms with E-state index in [-0.39, 0.29) is 17.8 Å². The van der Waals surface area contributed by atoms with Crippen LogP contribution >= 0.6 is 11.6 Å². The summed E-state index contributed by atoms with van der Waals surface area (Å²) in [7, 11) is 0. The maximum atomic E-state index is 13.7. The minimum atomic E-state index is -0.450. The molecule has 0 saturated heterocycles. The summed E-state index contributed by atoms with van der Waals surface area (Å²) in [5, 5.41) is 5.95. The summed E-state index contributed by atoms with van der Waals surface area (Å²) in [4.78, 5) is 28.8. The zero-order valence-electron chi connectivity index (χ0n) is 15.0. The van der Waals surface area contributed by atoms with E-state index in [4.69, 9.17) is 11.6 Å². The lowest BCUT2D eigenvalue weighted by Gasteiger charge is -2.10. The van der Waals surface area contributed by atoms with Crippen LogP contribution < -0.4 is 10.6 Å². The first kappa shape index (κ1) is 19.5. The molecule has 0 radical (unpaired) electrons. The van der Waals surface area contributed by atoms with Crippen LogP contribution in [0.5, 0.6) is 0 Å². The van der Waals surface area contributed by atoms with Gasteiger partial charge in [0, 0.05) is 34.6 Å². The first-order chi connectivity index (χ1) is 13.4. The quantitative estimate of drug-likeness (QED) is 0.671. The Morgan fingerprint density at radius 2 is 1.86 bits per heavy atom. The van der Waals surface area contributed by atoms with E-state index in [0.29, 0.717) is 16.3 Å². The van der Waals surface area contributed by atoms with Crippen molar-refractivity contribution in [3.63, 3.8) is 0 Å². The number of nitrogens with zero attached hydrogens (tertiary/aromatic N) is 1. The molecule has 0 saturated carbocycles. The minimum absolute atomic E-state index is 0.0410. The number of halogens is 2. The number of hydrogen-bond donors (Lipinski definition) is 2. The fourth-order valence-electron chi connectivity index (χ4n) is 2.57. The number of pyridine rings is 1. The van der Waals surface area contributed by atoms with Crippen molar-refractivity contribution in [1.29, 1.82) is 0 Å². The Hall–Kier alpha value is -3.25. The minimum Gasteiger partial charge on any atom is -0.348 e. The Morgan fingerprint density at radius 1 is 1.07 bits per heavy atom. The molecule has 1 aromatic heterocycles. The van der Waals surface area contributed by atoms with E-state index in [2.05, 4.69) is 15.6 Å². The van der Waals surface area contributed by atoms with Gasteiger partial charge in [-0.3, -0.25) is 14.6 Å². The van der Waals surface area contributed by atoms with Gasteiger partial charge in [-0.25, -0.2) is 4.39 Å². The molecule has 3 aromatic rings. The molecule has 0 aliphatic carbocycles. The van der Waals surface area contributed by atoms with Crippen molar-refractivity contribution in [2.45, 2.75) is 13.5 Å². The number of rotatable bonds is 5. The molecule has 28 heavy (non-hydrogen) atoms. The molecule has 7 heteroatoms. The van der Waals surface area contributed by atoms with Crippen molar-refractivity contribution in [3.05, 3.63) is 94.0 Å². The summed E-state index contributed by atoms with van der Waals surface area (Å²) in [6.07, 6.45) is 1.38. The van der Waals surface area contributed by atoms with Crippen LogP contribution in [0.4, 0.5) is 10.1 Å². The Balaban J connectivity index is 1.69. The molecule has 0 atom stereocenters. The Morgan fingerprint density at radius 3 is 2.61 bits per heavy atom. The predicted octanol–water partition coefficient (Wildman–Crippen LogP) is 4.36. The maximum Gasteiger partial charge on any atom is 0.274 e. The first-order valence-corrected chi connectivity index (χ1v) is 8.87. The van der Waals surface area contributed by atoms with Crippen molar-refractivity contribution in [3.8, 4) is 0 Å². The van der Waals surface area contributed by atoms with Gasteiger partial charge in [-0.05, 0) is 48.9 Å². The highest BCUT2D eigenvalue weighted by atomic mass is 35.5. The van der Waals surface area contributed by atoms with E-state index >= 15 is 0 Å². The van der Waals surface area contributed by atoms with Gasteiger partial charge >= 0.3 is 0 Å². The molecule has 3 rings (SSSR count). The largest absolute Gasteiger partial charge is 0.348 e. The molecular weight excluding hydrogens is 381 g/mol. The van der Waals surface area contributed by atoms with E-state index in [1.807, 2.05) is 6.92 Å². The summed E-state index contributed by atoms with van der Waals surface area (Å²) < 4.78 is 13.7. The Bertz CT molecular complexity index is 1040. The highest BCUT2D eigenvalue weighted by molar-refractivity contribution is 6.30. The second-order valence-corrected chi connectivity index (χ2v) is 6.55. The van der Waals surface area contributed by atoms with Gasteiger partial charge < -0.3 is 10.6 Å². The monoisotopic (exact) mass is 397 g/mol. The summed E-state index contributed by atoms with van der Waals surface area (Å²) in [5.74, 6) is -1.27. The third-order valence-electron chi connectivity index (χ3n) is 4.09. The number of aromatic nitrogens is 1. The molecule has 0 fully saturated rings. The maximum absolute atomic E-state index is 13.7. The second-order valence-electron chi connectivity index (χ2n) is 6.12. The van der Waals surface area contributed by atoms with Gasteiger partial charge in [0.1, 0.15) is 11.5 Å². The van der Waals surface area contributed by atoms with Crippen molar-refractivity contribution in [2.75, 3.05) is 5.32 Å². The Kier molecular flexibility index (Phi) is 6.01. The standard InChI is InChI=1S/C21H17ClFN3O2/c1-13-10-16(22)6-7-18(13)26-21(28)19-11-14(8-9-24-19)20(27)25-12-15-4-2-3-5-17(15)23/h2-11H,12H2,1H3,(H,25,27)(H,26,28). The molecule has 2 N–H and O–H groups in total. The van der Waals surface area contributed by atoms with Gasteiger partial charge in [-0.1, -0.05) is 29.8 Å². The summed E-state index contributed by atoms with van der Waals surface area (Å²) in [5.41, 5.74) is 2.13. The van der Waals surface area contributed by atoms with Crippen LogP contribution in [-0.2, 0) is 6.54 Å². The molecule has 1 heterocycles. The van der Waals surface area contributed by atoms with Gasteiger partial charge in [0.05, 0.1) is 0 Å². The second kappa shape index (κ2) is 8.63. The summed E-state index contributed by atoms with van der Waals surface area (Å²) in [6.45, 7) is 1.86. The zero-order chi connectivity index (χ0) is 20.1. The molecule has 0 unspecified atom stereocenters. The molecular formula is C21H17ClFN3O2. The number of benzene rings is 2. The normalized spacial score (nSPS) is 10.4. The SMILES string of the molecule is Cc1cc(Cl)ccc1NC(=O)c1cc(C(=O)NCc2ccccc2F)ccn1. The number of amides is 2. The number of nitrogens with one attached hydrogen (secondary N) is 2. The van der Waals surface area contributed by atoms with Gasteiger partial charge in [-0.2, -0.15) is 0 Å². The zero-order valence-corrected chi connectivity index (χ0v) is 15.8. The number of carbonyl (C=O) groups is 2. The molecule has 2 aromatic carbocycles. The fourth-order valence-corrected chi connectivity index (χ4v) is 2.80. The summed E-state index contributed by atoms with van der Waals surface area (Å²) >= 11 is 5.92. The van der Waals surface area contributed by atoms with Crippen LogP contribution in [0.15, 0.2) is 60.8 Å². The average Bonchev–Trinajstić information content (AvgIpc) is 2.69. The number of aryl methyl sites for hydroxylation is 1. The first-order valence-electron chi connectivity index (χ1n) is 8.49. The van der Waals surface area contributed by atoms with Crippen LogP contribution in [0.2, 0.25) is 5.02 Å². The third kappa shape index (κ3) is 4.72. The number of carbonyl (C=O) groups excluding carboxylic acids is 2. The van der Waals surface area contributed by atoms with Gasteiger partial charge in [-0.15, -0.1) is 0 Å². The highest BCUT2D eigenvalue weighted by Gasteiger charge is 2.13. The smallest absolute Gasteiger partial charge is 0.274 e. The van der Waals surface area contributed by atoms with Crippen LogP contribution in [0.3, 0.4) is 0 Å². The number of anilines is 1. The third-order valence-corrected chi connectivity index (χ3v) is 4.32. The number of hydrogen-bond acceptors (Lipinski definition) is 3. The van der Waals surface area contributed by atoms with E-state index in [0.717, 1.165) is 5.56 Å². The van der Waals surface area contributed by atoms with Crippen LogP contribution in [0, 0.1) is 12.7 Å². The van der Waals surface area contributed by atoms with Gasteiger partial charge in [0.2, 0.25) is 0 Å². The molecule has 5 nitrogen and oxygen atoms in total. The van der Waals surface area contributed by atoms with Crippen molar-refractivity contribution >= 4 is 29.1 Å². The van der Waals surface area contributed by atoms with E-state index in [1.54, 1.807) is 36.4 Å². The van der Waals surface area contributed by atoms with Crippen molar-refractivity contribution in [1.82, 2.24) is 10.3 Å². The van der Waals surface area contributed by atoms with E-state index < -0.39 is 17.6 Å². The molecule has 142 valence electrons. The van der Waals surface area contributed by atoms with Gasteiger partial charge in [0.25, 0.3) is 11.8 Å². The lowest BCUT2D eigenvalue weighted by Crippen LogP contribution is -2.24. The Labute approximate surface area is 166 Å². The lowest BCUT2D eigenvalue weighted by molar-refractivity contribution is 0.0950. The predicted molar refractivity (Wildman–Crippen MR) is 106 cm³/mol. The van der Waals surface area contributed by atoms with E-state index in [1.165, 1.54) is 24.4 Å². The topological polar surface area (TPSA) is 71.1 Å². The molecule has 0 aliphatic heterocycles. The van der Waals surface area contributed by atoms with Gasteiger partial charge in [0.15, 0.2) is 0 Å². The van der Waals surface area contributed by atoms with Crippen LogP contribution in [0.1, 0.15) is 32.0 Å². The molecule has 0 bridgehead atoms. The average molecular weight is 398 g/mol. The fraction of sp³-hybridized carbons (Fsp3) is 0.0952. The van der Waals surface area contributed by atoms with E-state index in [9.17, 15) is 14.0 Å². The molecule has 2 amide bonds. The van der Waals surface area contributed by atoms with Crippen LogP contribution in [-0.4, -0.2) is 16.8 Å². The summed E-state index contributed by atoms with van der Waals surface area (Å²) in [6, 6.07) is 14.2. The molecule has 0 spiro atoms.